The molecule has 0 atom stereocenters. The molecule has 0 aliphatic heterocycles. The highest BCUT2D eigenvalue weighted by Gasteiger charge is 2.21. The first-order valence-electron chi connectivity index (χ1n) is 20.6. The first kappa shape index (κ1) is 39.1. The molecule has 0 saturated carbocycles. The van der Waals surface area contributed by atoms with E-state index in [0.717, 1.165) is 75.9 Å². The molecule has 0 amide bonds. The smallest absolute Gasteiger partial charge is 0.0900 e. The third-order valence-electron chi connectivity index (χ3n) is 10.3. The van der Waals surface area contributed by atoms with Gasteiger partial charge in [-0.05, 0) is 133 Å². The largest absolute Gasteiger partial charge is 0.255 e. The van der Waals surface area contributed by atoms with E-state index in [1.807, 2.05) is 120 Å². The normalized spacial score (nSPS) is 11.3. The summed E-state index contributed by atoms with van der Waals surface area (Å²) in [5, 5.41) is 0. The molecule has 0 unspecified atom stereocenters. The van der Waals surface area contributed by atoms with Crippen molar-refractivity contribution in [3.63, 3.8) is 0 Å². The standard InChI is InChI=1S/C50H48N6S2/c1-3-5-7-9-19-35-34-48(58-49(35)38-31-45(41-23-13-17-27-53-41)56-46(32-38)42-24-14-18-28-54-42)50-36(20-10-8-6-4-2)33-47(57-50)37-29-43(39-21-11-15-25-51-39)55-44(30-37)40-22-12-16-26-52-40/h11-18,21-34H,3-10,19-20H2,1-2H3. The summed E-state index contributed by atoms with van der Waals surface area (Å²) in [6.45, 7) is 4.56. The van der Waals surface area contributed by atoms with Crippen molar-refractivity contribution in [2.24, 2.45) is 0 Å². The molecule has 0 spiro atoms. The maximum Gasteiger partial charge on any atom is 0.0900 e. The van der Waals surface area contributed by atoms with Gasteiger partial charge in [-0.15, -0.1) is 22.7 Å². The fraction of sp³-hybridized carbons (Fsp3) is 0.240. The van der Waals surface area contributed by atoms with Gasteiger partial charge in [0.1, 0.15) is 0 Å². The quantitative estimate of drug-likeness (QED) is 0.0854. The van der Waals surface area contributed by atoms with Crippen molar-refractivity contribution in [3.8, 4) is 76.2 Å². The lowest BCUT2D eigenvalue weighted by molar-refractivity contribution is 0.667. The van der Waals surface area contributed by atoms with Gasteiger partial charge < -0.3 is 0 Å². The molecule has 6 nitrogen and oxygen atoms in total. The summed E-state index contributed by atoms with van der Waals surface area (Å²) in [4.78, 5) is 34.2. The lowest BCUT2D eigenvalue weighted by atomic mass is 10.0. The predicted molar refractivity (Wildman–Crippen MR) is 243 cm³/mol. The van der Waals surface area contributed by atoms with Crippen LogP contribution in [0.5, 0.6) is 0 Å². The minimum absolute atomic E-state index is 0.844. The van der Waals surface area contributed by atoms with Gasteiger partial charge in [-0.25, -0.2) is 9.97 Å². The molecule has 8 aromatic rings. The van der Waals surface area contributed by atoms with Crippen molar-refractivity contribution in [1.29, 1.82) is 0 Å². The predicted octanol–water partition coefficient (Wildman–Crippen LogP) is 14.1. The summed E-state index contributed by atoms with van der Waals surface area (Å²) in [6, 6.07) is 37.8. The van der Waals surface area contributed by atoms with Crippen LogP contribution in [0.25, 0.3) is 76.2 Å². The summed E-state index contributed by atoms with van der Waals surface area (Å²) in [7, 11) is 0. The highest BCUT2D eigenvalue weighted by molar-refractivity contribution is 7.25. The van der Waals surface area contributed by atoms with Crippen LogP contribution in [0, 0.1) is 0 Å². The van der Waals surface area contributed by atoms with Crippen LogP contribution in [0.1, 0.15) is 76.3 Å². The number of nitrogens with zero attached hydrogens (tertiary/aromatic N) is 6. The molecule has 290 valence electrons. The molecule has 0 aliphatic rings. The Morgan fingerprint density at radius 1 is 0.379 bits per heavy atom. The lowest BCUT2D eigenvalue weighted by Crippen LogP contribution is -1.94. The average Bonchev–Trinajstić information content (AvgIpc) is 3.92. The van der Waals surface area contributed by atoms with E-state index in [1.54, 1.807) is 0 Å². The van der Waals surface area contributed by atoms with Gasteiger partial charge in [0.15, 0.2) is 0 Å². The fourth-order valence-corrected chi connectivity index (χ4v) is 9.87. The highest BCUT2D eigenvalue weighted by Crippen LogP contribution is 2.47. The van der Waals surface area contributed by atoms with Crippen LogP contribution in [0.4, 0.5) is 0 Å². The monoisotopic (exact) mass is 796 g/mol. The first-order valence-corrected chi connectivity index (χ1v) is 22.3. The van der Waals surface area contributed by atoms with Gasteiger partial charge in [0, 0.05) is 44.3 Å². The zero-order chi connectivity index (χ0) is 39.5. The van der Waals surface area contributed by atoms with Crippen LogP contribution in [0.3, 0.4) is 0 Å². The van der Waals surface area contributed by atoms with Gasteiger partial charge in [-0.2, -0.15) is 0 Å². The summed E-state index contributed by atoms with van der Waals surface area (Å²) >= 11 is 3.81. The molecule has 0 aromatic carbocycles. The molecule has 0 fully saturated rings. The number of hydrogen-bond donors (Lipinski definition) is 0. The number of hydrogen-bond acceptors (Lipinski definition) is 8. The van der Waals surface area contributed by atoms with E-state index in [2.05, 4.69) is 60.2 Å². The van der Waals surface area contributed by atoms with Gasteiger partial charge in [0.05, 0.1) is 45.6 Å². The Bertz CT molecular complexity index is 2420. The topological polar surface area (TPSA) is 77.3 Å². The van der Waals surface area contributed by atoms with Crippen LogP contribution < -0.4 is 0 Å². The molecule has 0 saturated heterocycles. The molecule has 0 aliphatic carbocycles. The molecule has 0 bridgehead atoms. The molecule has 0 radical (unpaired) electrons. The van der Waals surface area contributed by atoms with E-state index >= 15 is 0 Å². The number of pyridine rings is 6. The average molecular weight is 797 g/mol. The van der Waals surface area contributed by atoms with Crippen molar-refractivity contribution in [2.75, 3.05) is 0 Å². The van der Waals surface area contributed by atoms with Crippen LogP contribution in [-0.4, -0.2) is 29.9 Å². The van der Waals surface area contributed by atoms with E-state index in [9.17, 15) is 0 Å². The van der Waals surface area contributed by atoms with Gasteiger partial charge in [0.25, 0.3) is 0 Å². The molecule has 8 heteroatoms. The number of aryl methyl sites for hydroxylation is 2. The molecular weight excluding hydrogens is 749 g/mol. The molecular formula is C50H48N6S2. The zero-order valence-corrected chi connectivity index (χ0v) is 34.9. The number of thiophene rings is 2. The number of rotatable bonds is 17. The molecule has 8 heterocycles. The van der Waals surface area contributed by atoms with E-state index < -0.39 is 0 Å². The van der Waals surface area contributed by atoms with Gasteiger partial charge in [0.2, 0.25) is 0 Å². The second kappa shape index (κ2) is 19.2. The van der Waals surface area contributed by atoms with E-state index in [0.29, 0.717) is 0 Å². The summed E-state index contributed by atoms with van der Waals surface area (Å²) in [5.41, 5.74) is 11.9. The van der Waals surface area contributed by atoms with Crippen molar-refractivity contribution in [3.05, 3.63) is 145 Å². The van der Waals surface area contributed by atoms with Crippen molar-refractivity contribution in [1.82, 2.24) is 29.9 Å². The Kier molecular flexibility index (Phi) is 12.9. The van der Waals surface area contributed by atoms with Crippen LogP contribution in [0.15, 0.2) is 134 Å². The van der Waals surface area contributed by atoms with Crippen molar-refractivity contribution >= 4 is 22.7 Å². The molecule has 8 rings (SSSR count). The minimum atomic E-state index is 0.844. The summed E-state index contributed by atoms with van der Waals surface area (Å²) in [5.74, 6) is 0. The first-order chi connectivity index (χ1) is 28.7. The van der Waals surface area contributed by atoms with Gasteiger partial charge in [-0.3, -0.25) is 19.9 Å². The SMILES string of the molecule is CCCCCCc1cc(-c2sc(-c3cc(-c4ccccn4)nc(-c4ccccn4)c3)cc2CCCCCC)sc1-c1cc(-c2ccccn2)nc(-c2ccccn2)c1. The van der Waals surface area contributed by atoms with Gasteiger partial charge >= 0.3 is 0 Å². The molecule has 0 N–H and O–H groups in total. The van der Waals surface area contributed by atoms with E-state index in [4.69, 9.17) is 19.9 Å². The number of unbranched alkanes of at least 4 members (excludes halogenated alkanes) is 6. The molecule has 8 aromatic heterocycles. The summed E-state index contributed by atoms with van der Waals surface area (Å²) < 4.78 is 0. The molecule has 58 heavy (non-hydrogen) atoms. The van der Waals surface area contributed by atoms with Crippen LogP contribution in [-0.2, 0) is 12.8 Å². The van der Waals surface area contributed by atoms with E-state index in [-0.39, 0.29) is 0 Å². The lowest BCUT2D eigenvalue weighted by Gasteiger charge is -2.10. The Hall–Kier alpha value is -5.70. The van der Waals surface area contributed by atoms with Crippen molar-refractivity contribution < 1.29 is 0 Å². The third-order valence-corrected chi connectivity index (χ3v) is 13.0. The van der Waals surface area contributed by atoms with E-state index in [1.165, 1.54) is 75.6 Å². The Balaban J connectivity index is 1.27. The Labute approximate surface area is 350 Å². The number of aromatic nitrogens is 6. The fourth-order valence-electron chi connectivity index (χ4n) is 7.34. The Morgan fingerprint density at radius 3 is 1.19 bits per heavy atom. The summed E-state index contributed by atoms with van der Waals surface area (Å²) in [6.07, 6.45) is 19.1. The minimum Gasteiger partial charge on any atom is -0.255 e. The zero-order valence-electron chi connectivity index (χ0n) is 33.3. The third kappa shape index (κ3) is 9.36. The second-order valence-electron chi connectivity index (χ2n) is 14.7. The second-order valence-corrected chi connectivity index (χ2v) is 16.8. The Morgan fingerprint density at radius 2 is 0.776 bits per heavy atom. The van der Waals surface area contributed by atoms with Crippen LogP contribution >= 0.6 is 22.7 Å². The highest BCUT2D eigenvalue weighted by atomic mass is 32.1. The maximum absolute atomic E-state index is 5.11. The van der Waals surface area contributed by atoms with Gasteiger partial charge in [-0.1, -0.05) is 76.6 Å². The van der Waals surface area contributed by atoms with Crippen molar-refractivity contribution in [2.45, 2.75) is 78.1 Å². The maximum atomic E-state index is 5.11. The van der Waals surface area contributed by atoms with Crippen LogP contribution in [0.2, 0.25) is 0 Å².